The summed E-state index contributed by atoms with van der Waals surface area (Å²) in [6, 6.07) is 4.52. The van der Waals surface area contributed by atoms with Crippen molar-refractivity contribution >= 4 is 39.2 Å². The molecule has 0 radical (unpaired) electrons. The molecule has 4 N–H and O–H groups in total. The van der Waals surface area contributed by atoms with Gasteiger partial charge < -0.3 is 16.4 Å². The zero-order chi connectivity index (χ0) is 16.3. The van der Waals surface area contributed by atoms with Crippen molar-refractivity contribution in [2.75, 3.05) is 35.8 Å². The van der Waals surface area contributed by atoms with Gasteiger partial charge in [-0.25, -0.2) is 8.42 Å². The molecule has 1 heterocycles. The van der Waals surface area contributed by atoms with Crippen LogP contribution in [0.4, 0.5) is 5.69 Å². The molecule has 22 heavy (non-hydrogen) atoms. The smallest absolute Gasteiger partial charge is 0.280 e. The number of nitrogens with zero attached hydrogens (tertiary/aromatic N) is 2. The number of hydrogen-bond donors (Lipinski definition) is 2. The van der Waals surface area contributed by atoms with Crippen LogP contribution in [0.5, 0.6) is 0 Å². The molecule has 1 amide bonds. The number of amides is 1. The normalized spacial score (nSPS) is 15.4. The Kier molecular flexibility index (Phi) is 4.97. The van der Waals surface area contributed by atoms with Crippen molar-refractivity contribution in [3.8, 4) is 0 Å². The van der Waals surface area contributed by atoms with E-state index in [1.54, 1.807) is 12.1 Å². The number of aliphatic imine (C=N–C) groups is 1. The molecule has 1 aromatic carbocycles. The Morgan fingerprint density at radius 1 is 1.27 bits per heavy atom. The molecule has 1 aliphatic heterocycles. The SMILES string of the molecule is CS(=O)(=O)c1cc(C(=O)N=C(N)N)ccc1N1CCSCC1. The largest absolute Gasteiger partial charge is 0.370 e. The standard InChI is InChI=1S/C13H18N4O3S2/c1-22(19,20)11-8-9(12(18)16-13(14)15)2-3-10(11)17-4-6-21-7-5-17/h2-3,8H,4-7H2,1H3,(H4,14,15,16,18). The average Bonchev–Trinajstić information content (AvgIpc) is 2.46. The topological polar surface area (TPSA) is 119 Å². The first-order valence-corrected chi connectivity index (χ1v) is 9.64. The van der Waals surface area contributed by atoms with Gasteiger partial charge in [-0.2, -0.15) is 16.8 Å². The second kappa shape index (κ2) is 6.57. The van der Waals surface area contributed by atoms with E-state index in [1.807, 2.05) is 16.7 Å². The Balaban J connectivity index is 2.48. The molecule has 0 spiro atoms. The maximum absolute atomic E-state index is 12.1. The van der Waals surface area contributed by atoms with E-state index in [2.05, 4.69) is 4.99 Å². The quantitative estimate of drug-likeness (QED) is 0.589. The van der Waals surface area contributed by atoms with Gasteiger partial charge in [0.05, 0.1) is 10.6 Å². The number of nitrogens with two attached hydrogens (primary N) is 2. The molecule has 9 heteroatoms. The maximum atomic E-state index is 12.1. The van der Waals surface area contributed by atoms with Crippen molar-refractivity contribution in [2.45, 2.75) is 4.90 Å². The van der Waals surface area contributed by atoms with E-state index in [0.29, 0.717) is 5.69 Å². The van der Waals surface area contributed by atoms with Gasteiger partial charge >= 0.3 is 0 Å². The average molecular weight is 342 g/mol. The van der Waals surface area contributed by atoms with Crippen LogP contribution in [0.25, 0.3) is 0 Å². The molecule has 1 aromatic rings. The second-order valence-electron chi connectivity index (χ2n) is 4.90. The molecule has 1 aliphatic rings. The molecule has 0 aromatic heterocycles. The summed E-state index contributed by atoms with van der Waals surface area (Å²) in [5, 5.41) is 0. The van der Waals surface area contributed by atoms with Gasteiger partial charge in [0.25, 0.3) is 5.91 Å². The Morgan fingerprint density at radius 2 is 1.91 bits per heavy atom. The van der Waals surface area contributed by atoms with E-state index in [4.69, 9.17) is 11.5 Å². The molecular formula is C13H18N4O3S2. The van der Waals surface area contributed by atoms with E-state index >= 15 is 0 Å². The first kappa shape index (κ1) is 16.6. The lowest BCUT2D eigenvalue weighted by Gasteiger charge is -2.30. The summed E-state index contributed by atoms with van der Waals surface area (Å²) in [6.07, 6.45) is 1.12. The molecule has 1 saturated heterocycles. The lowest BCUT2D eigenvalue weighted by atomic mass is 10.2. The minimum absolute atomic E-state index is 0.121. The van der Waals surface area contributed by atoms with Crippen molar-refractivity contribution in [1.82, 2.24) is 0 Å². The highest BCUT2D eigenvalue weighted by atomic mass is 32.2. The number of carbonyl (C=O) groups is 1. The van der Waals surface area contributed by atoms with Crippen molar-refractivity contribution in [2.24, 2.45) is 16.5 Å². The fourth-order valence-corrected chi connectivity index (χ4v) is 4.01. The van der Waals surface area contributed by atoms with Gasteiger partial charge in [0.2, 0.25) is 0 Å². The van der Waals surface area contributed by atoms with Crippen LogP contribution in [0, 0.1) is 0 Å². The first-order valence-electron chi connectivity index (χ1n) is 6.60. The van der Waals surface area contributed by atoms with Gasteiger partial charge in [-0.3, -0.25) is 4.79 Å². The predicted molar refractivity (Wildman–Crippen MR) is 89.2 cm³/mol. The summed E-state index contributed by atoms with van der Waals surface area (Å²) in [5.74, 6) is 0.865. The molecule has 0 saturated carbocycles. The number of benzene rings is 1. The van der Waals surface area contributed by atoms with Crippen molar-refractivity contribution in [1.29, 1.82) is 0 Å². The predicted octanol–water partition coefficient (Wildman–Crippen LogP) is 0.0569. The van der Waals surface area contributed by atoms with Crippen molar-refractivity contribution in [3.63, 3.8) is 0 Å². The maximum Gasteiger partial charge on any atom is 0.280 e. The van der Waals surface area contributed by atoms with Crippen LogP contribution in [0.15, 0.2) is 28.1 Å². The number of sulfone groups is 1. The Bertz CT molecular complexity index is 706. The van der Waals surface area contributed by atoms with Crippen LogP contribution in [-0.2, 0) is 9.84 Å². The summed E-state index contributed by atoms with van der Waals surface area (Å²) in [4.78, 5) is 17.4. The van der Waals surface area contributed by atoms with Crippen molar-refractivity contribution in [3.05, 3.63) is 23.8 Å². The molecule has 1 fully saturated rings. The van der Waals surface area contributed by atoms with Crippen LogP contribution in [0.3, 0.4) is 0 Å². The van der Waals surface area contributed by atoms with Crippen LogP contribution >= 0.6 is 11.8 Å². The molecular weight excluding hydrogens is 324 g/mol. The highest BCUT2D eigenvalue weighted by Crippen LogP contribution is 2.28. The lowest BCUT2D eigenvalue weighted by Crippen LogP contribution is -2.33. The van der Waals surface area contributed by atoms with E-state index < -0.39 is 15.7 Å². The summed E-state index contributed by atoms with van der Waals surface area (Å²) in [7, 11) is -3.48. The Labute approximate surface area is 133 Å². The van der Waals surface area contributed by atoms with Crippen LogP contribution in [-0.4, -0.2) is 51.1 Å². The van der Waals surface area contributed by atoms with Gasteiger partial charge in [0.1, 0.15) is 0 Å². The number of rotatable bonds is 3. The molecule has 7 nitrogen and oxygen atoms in total. The number of hydrogen-bond acceptors (Lipinski definition) is 5. The number of thioether (sulfide) groups is 1. The molecule has 120 valence electrons. The van der Waals surface area contributed by atoms with Crippen LogP contribution in [0.1, 0.15) is 10.4 Å². The minimum atomic E-state index is -3.48. The number of guanidine groups is 1. The summed E-state index contributed by atoms with van der Waals surface area (Å²) < 4.78 is 24.1. The highest BCUT2D eigenvalue weighted by Gasteiger charge is 2.22. The summed E-state index contributed by atoms with van der Waals surface area (Å²) in [5.41, 5.74) is 11.1. The molecule has 0 aliphatic carbocycles. The Morgan fingerprint density at radius 3 is 2.45 bits per heavy atom. The number of carbonyl (C=O) groups excluding carboxylic acids is 1. The van der Waals surface area contributed by atoms with E-state index in [0.717, 1.165) is 30.9 Å². The number of anilines is 1. The van der Waals surface area contributed by atoms with Crippen LogP contribution < -0.4 is 16.4 Å². The van der Waals surface area contributed by atoms with Gasteiger partial charge in [0, 0.05) is 36.4 Å². The molecule has 0 unspecified atom stereocenters. The Hall–Kier alpha value is -1.74. The fourth-order valence-electron chi connectivity index (χ4n) is 2.19. The minimum Gasteiger partial charge on any atom is -0.370 e. The fraction of sp³-hybridized carbons (Fsp3) is 0.385. The van der Waals surface area contributed by atoms with Gasteiger partial charge in [-0.05, 0) is 18.2 Å². The highest BCUT2D eigenvalue weighted by molar-refractivity contribution is 7.99. The second-order valence-corrected chi connectivity index (χ2v) is 8.10. The summed E-state index contributed by atoms with van der Waals surface area (Å²) in [6.45, 7) is 1.54. The monoisotopic (exact) mass is 342 g/mol. The van der Waals surface area contributed by atoms with Gasteiger partial charge in [0.15, 0.2) is 15.8 Å². The van der Waals surface area contributed by atoms with Crippen LogP contribution in [0.2, 0.25) is 0 Å². The molecule has 0 atom stereocenters. The third-order valence-electron chi connectivity index (χ3n) is 3.19. The summed E-state index contributed by atoms with van der Waals surface area (Å²) >= 11 is 1.83. The lowest BCUT2D eigenvalue weighted by molar-refractivity contribution is 0.100. The molecule has 0 bridgehead atoms. The third-order valence-corrected chi connectivity index (χ3v) is 5.26. The van der Waals surface area contributed by atoms with Gasteiger partial charge in [-0.15, -0.1) is 0 Å². The van der Waals surface area contributed by atoms with Crippen molar-refractivity contribution < 1.29 is 13.2 Å². The first-order chi connectivity index (χ1) is 10.3. The molecule has 2 rings (SSSR count). The van der Waals surface area contributed by atoms with E-state index in [9.17, 15) is 13.2 Å². The van der Waals surface area contributed by atoms with Gasteiger partial charge in [-0.1, -0.05) is 0 Å². The van der Waals surface area contributed by atoms with E-state index in [1.165, 1.54) is 6.07 Å². The zero-order valence-corrected chi connectivity index (χ0v) is 13.8. The zero-order valence-electron chi connectivity index (χ0n) is 12.2. The third kappa shape index (κ3) is 3.92. The van der Waals surface area contributed by atoms with E-state index in [-0.39, 0.29) is 16.4 Å².